The Hall–Kier alpha value is -1.06. The third-order valence-corrected chi connectivity index (χ3v) is 1.73. The van der Waals surface area contributed by atoms with Crippen LogP contribution in [0.2, 0.25) is 0 Å². The van der Waals surface area contributed by atoms with E-state index in [-0.39, 0.29) is 18.5 Å². The Labute approximate surface area is 72.7 Å². The van der Waals surface area contributed by atoms with Crippen molar-refractivity contribution in [2.24, 2.45) is 5.92 Å². The van der Waals surface area contributed by atoms with Gasteiger partial charge in [-0.1, -0.05) is 13.8 Å². The van der Waals surface area contributed by atoms with E-state index in [1.165, 1.54) is 0 Å². The molecule has 0 aliphatic carbocycles. The molecule has 4 heteroatoms. The van der Waals surface area contributed by atoms with E-state index in [0.717, 1.165) is 0 Å². The molecule has 0 aromatic rings. The fourth-order valence-electron chi connectivity index (χ4n) is 0.606. The number of hydrogen-bond acceptors (Lipinski definition) is 2. The van der Waals surface area contributed by atoms with Gasteiger partial charge in [-0.15, -0.1) is 0 Å². The van der Waals surface area contributed by atoms with Crippen molar-refractivity contribution in [3.05, 3.63) is 0 Å². The van der Waals surface area contributed by atoms with Crippen LogP contribution in [0.4, 0.5) is 0 Å². The molecule has 0 bridgehead atoms. The molecule has 0 rings (SSSR count). The molecule has 2 N–H and O–H groups in total. The van der Waals surface area contributed by atoms with Crippen LogP contribution in [-0.4, -0.2) is 24.9 Å². The third-order valence-electron chi connectivity index (χ3n) is 1.73. The van der Waals surface area contributed by atoms with Gasteiger partial charge in [-0.3, -0.25) is 9.59 Å². The van der Waals surface area contributed by atoms with Crippen molar-refractivity contribution in [2.45, 2.75) is 26.8 Å². The van der Waals surface area contributed by atoms with Gasteiger partial charge in [0.2, 0.25) is 12.3 Å². The first-order chi connectivity index (χ1) is 5.57. The predicted octanol–water partition coefficient (Wildman–Crippen LogP) is -0.107. The number of hydrogen-bond donors (Lipinski definition) is 2. The monoisotopic (exact) mass is 172 g/mol. The van der Waals surface area contributed by atoms with Gasteiger partial charge in [-0.2, -0.15) is 0 Å². The fraction of sp³-hybridized carbons (Fsp3) is 0.750. The summed E-state index contributed by atoms with van der Waals surface area (Å²) in [6, 6.07) is 0.144. The highest BCUT2D eigenvalue weighted by molar-refractivity contribution is 5.79. The van der Waals surface area contributed by atoms with Crippen LogP contribution in [0.15, 0.2) is 0 Å². The second-order valence-electron chi connectivity index (χ2n) is 3.10. The zero-order valence-corrected chi connectivity index (χ0v) is 7.76. The number of amides is 2. The Morgan fingerprint density at radius 1 is 1.42 bits per heavy atom. The van der Waals surface area contributed by atoms with Crippen LogP contribution in [0.3, 0.4) is 0 Å². The van der Waals surface area contributed by atoms with Crippen LogP contribution in [0.1, 0.15) is 20.8 Å². The second kappa shape index (κ2) is 5.57. The first kappa shape index (κ1) is 10.9. The number of carbonyl (C=O) groups is 2. The van der Waals surface area contributed by atoms with Gasteiger partial charge in [-0.05, 0) is 12.8 Å². The summed E-state index contributed by atoms with van der Waals surface area (Å²) >= 11 is 0. The van der Waals surface area contributed by atoms with Crippen molar-refractivity contribution in [2.75, 3.05) is 6.54 Å². The highest BCUT2D eigenvalue weighted by atomic mass is 16.2. The Bertz CT molecular complexity index is 157. The lowest BCUT2D eigenvalue weighted by Crippen LogP contribution is -2.41. The second-order valence-corrected chi connectivity index (χ2v) is 3.10. The molecule has 1 unspecified atom stereocenters. The maximum Gasteiger partial charge on any atom is 0.239 e. The molecule has 0 aromatic heterocycles. The Morgan fingerprint density at radius 3 is 2.42 bits per heavy atom. The molecular formula is C8H16N2O2. The molecule has 0 radical (unpaired) electrons. The molecular weight excluding hydrogens is 156 g/mol. The van der Waals surface area contributed by atoms with Crippen molar-refractivity contribution in [3.63, 3.8) is 0 Å². The van der Waals surface area contributed by atoms with E-state index < -0.39 is 0 Å². The predicted molar refractivity (Wildman–Crippen MR) is 46.5 cm³/mol. The molecule has 4 nitrogen and oxygen atoms in total. The lowest BCUT2D eigenvalue weighted by Gasteiger charge is -2.16. The molecule has 0 spiro atoms. The Kier molecular flexibility index (Phi) is 5.08. The van der Waals surface area contributed by atoms with Gasteiger partial charge in [-0.25, -0.2) is 0 Å². The minimum absolute atomic E-state index is 0.0561. The van der Waals surface area contributed by atoms with Crippen LogP contribution >= 0.6 is 0 Å². The molecule has 0 aromatic carbocycles. The van der Waals surface area contributed by atoms with Gasteiger partial charge in [0.1, 0.15) is 0 Å². The molecule has 0 saturated carbocycles. The van der Waals surface area contributed by atoms with E-state index >= 15 is 0 Å². The maximum atomic E-state index is 11.0. The summed E-state index contributed by atoms with van der Waals surface area (Å²) in [5.74, 6) is 0.258. The maximum absolute atomic E-state index is 11.0. The summed E-state index contributed by atoms with van der Waals surface area (Å²) in [7, 11) is 0. The Morgan fingerprint density at radius 2 is 2.00 bits per heavy atom. The average molecular weight is 172 g/mol. The van der Waals surface area contributed by atoms with Crippen LogP contribution in [0, 0.1) is 5.92 Å². The molecule has 2 amide bonds. The minimum atomic E-state index is -0.150. The van der Waals surface area contributed by atoms with E-state index in [4.69, 9.17) is 0 Å². The number of rotatable bonds is 5. The molecule has 12 heavy (non-hydrogen) atoms. The van der Waals surface area contributed by atoms with Gasteiger partial charge in [0.25, 0.3) is 0 Å². The van der Waals surface area contributed by atoms with Crippen LogP contribution < -0.4 is 10.6 Å². The largest absolute Gasteiger partial charge is 0.352 e. The summed E-state index contributed by atoms with van der Waals surface area (Å²) in [5.41, 5.74) is 0. The van der Waals surface area contributed by atoms with Crippen LogP contribution in [-0.2, 0) is 9.59 Å². The zero-order chi connectivity index (χ0) is 9.56. The molecule has 0 aliphatic rings. The van der Waals surface area contributed by atoms with E-state index in [9.17, 15) is 9.59 Å². The summed E-state index contributed by atoms with van der Waals surface area (Å²) in [6.45, 7) is 6.04. The van der Waals surface area contributed by atoms with Crippen LogP contribution in [0.5, 0.6) is 0 Å². The normalized spacial score (nSPS) is 12.3. The van der Waals surface area contributed by atoms with Gasteiger partial charge in [0.15, 0.2) is 0 Å². The minimum Gasteiger partial charge on any atom is -0.352 e. The van der Waals surface area contributed by atoms with Gasteiger partial charge < -0.3 is 10.6 Å². The smallest absolute Gasteiger partial charge is 0.239 e. The van der Waals surface area contributed by atoms with Crippen molar-refractivity contribution in [1.29, 1.82) is 0 Å². The highest BCUT2D eigenvalue weighted by Gasteiger charge is 2.09. The molecule has 70 valence electrons. The summed E-state index contributed by atoms with van der Waals surface area (Å²) in [6.07, 6.45) is 0.514. The number of carbonyl (C=O) groups excluding carboxylic acids is 2. The standard InChI is InChI=1S/C8H16N2O2/c1-6(2)7(3)10-8(12)4-9-5-11/h5-7H,4H2,1-3H3,(H,9,11)(H,10,12). The van der Waals surface area contributed by atoms with Gasteiger partial charge in [0, 0.05) is 6.04 Å². The summed E-state index contributed by atoms with van der Waals surface area (Å²) in [4.78, 5) is 20.8. The molecule has 1 atom stereocenters. The van der Waals surface area contributed by atoms with Crippen molar-refractivity contribution in [3.8, 4) is 0 Å². The van der Waals surface area contributed by atoms with Crippen LogP contribution in [0.25, 0.3) is 0 Å². The molecule has 0 aliphatic heterocycles. The highest BCUT2D eigenvalue weighted by Crippen LogP contribution is 1.98. The van der Waals surface area contributed by atoms with E-state index in [1.54, 1.807) is 0 Å². The van der Waals surface area contributed by atoms with Gasteiger partial charge >= 0.3 is 0 Å². The van der Waals surface area contributed by atoms with Crippen molar-refractivity contribution >= 4 is 12.3 Å². The fourth-order valence-corrected chi connectivity index (χ4v) is 0.606. The van der Waals surface area contributed by atoms with E-state index in [1.807, 2.05) is 20.8 Å². The Balaban J connectivity index is 3.61. The molecule has 0 saturated heterocycles. The van der Waals surface area contributed by atoms with Crippen molar-refractivity contribution in [1.82, 2.24) is 10.6 Å². The van der Waals surface area contributed by atoms with Crippen molar-refractivity contribution < 1.29 is 9.59 Å². The quantitative estimate of drug-likeness (QED) is 0.569. The van der Waals surface area contributed by atoms with Gasteiger partial charge in [0.05, 0.1) is 6.54 Å². The topological polar surface area (TPSA) is 58.2 Å². The van der Waals surface area contributed by atoms with E-state index in [0.29, 0.717) is 12.3 Å². The first-order valence-corrected chi connectivity index (χ1v) is 4.04. The zero-order valence-electron chi connectivity index (χ0n) is 7.76. The number of nitrogens with one attached hydrogen (secondary N) is 2. The third kappa shape index (κ3) is 4.71. The molecule has 0 heterocycles. The lowest BCUT2D eigenvalue weighted by atomic mass is 10.1. The lowest BCUT2D eigenvalue weighted by molar-refractivity contribution is -0.122. The first-order valence-electron chi connectivity index (χ1n) is 4.04. The molecule has 0 fully saturated rings. The average Bonchev–Trinajstić information content (AvgIpc) is 2.00. The SMILES string of the molecule is CC(C)C(C)NC(=O)CNC=O. The summed E-state index contributed by atoms with van der Waals surface area (Å²) in [5, 5.41) is 5.05. The summed E-state index contributed by atoms with van der Waals surface area (Å²) < 4.78 is 0. The van der Waals surface area contributed by atoms with E-state index in [2.05, 4.69) is 10.6 Å².